The summed E-state index contributed by atoms with van der Waals surface area (Å²) in [7, 11) is 0. The molecule has 192 valence electrons. The summed E-state index contributed by atoms with van der Waals surface area (Å²) in [6.45, 7) is 7.60. The van der Waals surface area contributed by atoms with Crippen LogP contribution in [0.3, 0.4) is 0 Å². The van der Waals surface area contributed by atoms with Crippen molar-refractivity contribution in [3.8, 4) is 11.5 Å². The second-order valence-corrected chi connectivity index (χ2v) is 8.63. The van der Waals surface area contributed by atoms with Gasteiger partial charge in [0.2, 0.25) is 0 Å². The quantitative estimate of drug-likeness (QED) is 0.137. The molecule has 0 saturated heterocycles. The third kappa shape index (κ3) is 11.4. The molecule has 0 aliphatic rings. The summed E-state index contributed by atoms with van der Waals surface area (Å²) in [6.07, 6.45) is 9.56. The van der Waals surface area contributed by atoms with Gasteiger partial charge in [-0.1, -0.05) is 51.9 Å². The maximum Gasteiger partial charge on any atom is 0.343 e. The highest BCUT2D eigenvalue weighted by molar-refractivity contribution is 5.92. The van der Waals surface area contributed by atoms with Crippen molar-refractivity contribution in [2.75, 3.05) is 19.8 Å². The van der Waals surface area contributed by atoms with Crippen molar-refractivity contribution >= 4 is 11.9 Å². The molecule has 6 heteroatoms. The van der Waals surface area contributed by atoms with Crippen LogP contribution in [0.1, 0.15) is 92.9 Å². The Morgan fingerprint density at radius 3 is 1.86 bits per heavy atom. The first-order chi connectivity index (χ1) is 17.0. The van der Waals surface area contributed by atoms with Gasteiger partial charge in [-0.25, -0.2) is 9.59 Å². The van der Waals surface area contributed by atoms with Gasteiger partial charge in [0.1, 0.15) is 18.1 Å². The molecule has 0 fully saturated rings. The van der Waals surface area contributed by atoms with Crippen molar-refractivity contribution in [3.63, 3.8) is 0 Å². The van der Waals surface area contributed by atoms with Crippen molar-refractivity contribution in [1.29, 1.82) is 0 Å². The fourth-order valence-electron chi connectivity index (χ4n) is 3.54. The molecule has 0 heterocycles. The Morgan fingerprint density at radius 1 is 0.714 bits per heavy atom. The largest absolute Gasteiger partial charge is 0.491 e. The lowest BCUT2D eigenvalue weighted by Gasteiger charge is -2.13. The Morgan fingerprint density at radius 2 is 1.26 bits per heavy atom. The van der Waals surface area contributed by atoms with Crippen LogP contribution in [0.5, 0.6) is 11.5 Å². The second-order valence-electron chi connectivity index (χ2n) is 8.63. The van der Waals surface area contributed by atoms with Gasteiger partial charge < -0.3 is 18.9 Å². The Kier molecular flexibility index (Phi) is 13.6. The fraction of sp³-hybridized carbons (Fsp3) is 0.517. The first kappa shape index (κ1) is 28.4. The lowest BCUT2D eigenvalue weighted by atomic mass is 10.1. The molecule has 0 aliphatic carbocycles. The average molecular weight is 485 g/mol. The SMILES string of the molecule is CCCCCCCCCCOC(=O)c1ccc(OC(=O)c2ccc(OCC(C)OCC)cc2)cc1. The Hall–Kier alpha value is -2.86. The molecular formula is C29H40O6. The van der Waals surface area contributed by atoms with Gasteiger partial charge >= 0.3 is 11.9 Å². The zero-order valence-corrected chi connectivity index (χ0v) is 21.4. The van der Waals surface area contributed by atoms with Crippen LogP contribution in [0.25, 0.3) is 0 Å². The molecule has 2 aromatic rings. The lowest BCUT2D eigenvalue weighted by Crippen LogP contribution is -2.17. The van der Waals surface area contributed by atoms with E-state index < -0.39 is 5.97 Å². The Bertz CT molecular complexity index is 860. The van der Waals surface area contributed by atoms with Crippen molar-refractivity contribution in [3.05, 3.63) is 59.7 Å². The number of benzene rings is 2. The van der Waals surface area contributed by atoms with E-state index in [1.807, 2.05) is 13.8 Å². The molecule has 1 unspecified atom stereocenters. The van der Waals surface area contributed by atoms with Crippen LogP contribution in [0.15, 0.2) is 48.5 Å². The fourth-order valence-corrected chi connectivity index (χ4v) is 3.54. The number of hydrogen-bond donors (Lipinski definition) is 0. The highest BCUT2D eigenvalue weighted by atomic mass is 16.5. The van der Waals surface area contributed by atoms with Gasteiger partial charge in [0.15, 0.2) is 0 Å². The highest BCUT2D eigenvalue weighted by Gasteiger charge is 2.11. The zero-order valence-electron chi connectivity index (χ0n) is 21.4. The minimum atomic E-state index is -0.482. The van der Waals surface area contributed by atoms with Gasteiger partial charge in [0.05, 0.1) is 23.8 Å². The molecule has 0 amide bonds. The lowest BCUT2D eigenvalue weighted by molar-refractivity contribution is 0.0402. The molecule has 0 spiro atoms. The topological polar surface area (TPSA) is 71.1 Å². The normalized spacial score (nSPS) is 11.6. The van der Waals surface area contributed by atoms with Gasteiger partial charge in [-0.3, -0.25) is 0 Å². The summed E-state index contributed by atoms with van der Waals surface area (Å²) in [5.41, 5.74) is 0.844. The number of rotatable bonds is 17. The van der Waals surface area contributed by atoms with Gasteiger partial charge in [-0.05, 0) is 68.8 Å². The summed E-state index contributed by atoms with van der Waals surface area (Å²) in [4.78, 5) is 24.6. The molecule has 0 aromatic heterocycles. The standard InChI is InChI=1S/C29H40O6/c1-4-6-7-8-9-10-11-12-21-33-28(30)24-15-19-27(20-16-24)35-29(31)25-13-17-26(18-14-25)34-22-23(3)32-5-2/h13-20,23H,4-12,21-22H2,1-3H3. The maximum absolute atomic E-state index is 12.4. The zero-order chi connectivity index (χ0) is 25.3. The van der Waals surface area contributed by atoms with E-state index in [1.54, 1.807) is 48.5 Å². The monoisotopic (exact) mass is 484 g/mol. The summed E-state index contributed by atoms with van der Waals surface area (Å²) >= 11 is 0. The van der Waals surface area contributed by atoms with Crippen molar-refractivity contribution in [1.82, 2.24) is 0 Å². The van der Waals surface area contributed by atoms with Gasteiger partial charge in [-0.2, -0.15) is 0 Å². The minimum absolute atomic E-state index is 0.00463. The van der Waals surface area contributed by atoms with E-state index in [0.717, 1.165) is 12.8 Å². The number of hydrogen-bond acceptors (Lipinski definition) is 6. The molecule has 0 radical (unpaired) electrons. The van der Waals surface area contributed by atoms with E-state index in [9.17, 15) is 9.59 Å². The van der Waals surface area contributed by atoms with Crippen LogP contribution in [-0.2, 0) is 9.47 Å². The van der Waals surface area contributed by atoms with E-state index in [2.05, 4.69) is 6.92 Å². The second kappa shape index (κ2) is 16.7. The summed E-state index contributed by atoms with van der Waals surface area (Å²) < 4.78 is 21.9. The van der Waals surface area contributed by atoms with E-state index in [4.69, 9.17) is 18.9 Å². The average Bonchev–Trinajstić information content (AvgIpc) is 2.87. The van der Waals surface area contributed by atoms with Gasteiger partial charge in [-0.15, -0.1) is 0 Å². The van der Waals surface area contributed by atoms with Crippen LogP contribution in [0, 0.1) is 0 Å². The molecule has 0 aliphatic heterocycles. The maximum atomic E-state index is 12.4. The van der Waals surface area contributed by atoms with Crippen molar-refractivity contribution in [2.45, 2.75) is 78.2 Å². The smallest absolute Gasteiger partial charge is 0.343 e. The molecule has 35 heavy (non-hydrogen) atoms. The number of unbranched alkanes of at least 4 members (excludes halogenated alkanes) is 7. The van der Waals surface area contributed by atoms with E-state index in [-0.39, 0.29) is 12.1 Å². The first-order valence-corrected chi connectivity index (χ1v) is 12.9. The molecule has 0 saturated carbocycles. The van der Waals surface area contributed by atoms with Crippen molar-refractivity contribution in [2.24, 2.45) is 0 Å². The van der Waals surface area contributed by atoms with Crippen LogP contribution in [0.4, 0.5) is 0 Å². The highest BCUT2D eigenvalue weighted by Crippen LogP contribution is 2.18. The van der Waals surface area contributed by atoms with Crippen molar-refractivity contribution < 1.29 is 28.5 Å². The first-order valence-electron chi connectivity index (χ1n) is 12.9. The third-order valence-corrected chi connectivity index (χ3v) is 5.56. The van der Waals surface area contributed by atoms with Crippen LogP contribution in [-0.4, -0.2) is 37.9 Å². The minimum Gasteiger partial charge on any atom is -0.491 e. The summed E-state index contributed by atoms with van der Waals surface area (Å²) in [5.74, 6) is 0.174. The van der Waals surface area contributed by atoms with Gasteiger partial charge in [0, 0.05) is 6.61 Å². The molecule has 2 rings (SSSR count). The molecular weight excluding hydrogens is 444 g/mol. The summed E-state index contributed by atoms with van der Waals surface area (Å²) in [6, 6.07) is 13.2. The molecule has 1 atom stereocenters. The number of esters is 2. The Balaban J connectivity index is 1.70. The molecule has 0 N–H and O–H groups in total. The number of carbonyl (C=O) groups excluding carboxylic acids is 2. The summed E-state index contributed by atoms with van der Waals surface area (Å²) in [5, 5.41) is 0. The van der Waals surface area contributed by atoms with E-state index in [1.165, 1.54) is 38.5 Å². The molecule has 2 aromatic carbocycles. The predicted molar refractivity (Wildman–Crippen MR) is 137 cm³/mol. The number of ether oxygens (including phenoxy) is 4. The molecule has 6 nitrogen and oxygen atoms in total. The number of carbonyl (C=O) groups is 2. The molecule has 0 bridgehead atoms. The van der Waals surface area contributed by atoms with Crippen LogP contribution in [0.2, 0.25) is 0 Å². The van der Waals surface area contributed by atoms with E-state index >= 15 is 0 Å². The third-order valence-electron chi connectivity index (χ3n) is 5.56. The van der Waals surface area contributed by atoms with Gasteiger partial charge in [0.25, 0.3) is 0 Å². The van der Waals surface area contributed by atoms with E-state index in [0.29, 0.717) is 42.4 Å². The Labute approximate surface area is 209 Å². The van der Waals surface area contributed by atoms with Crippen LogP contribution >= 0.6 is 0 Å². The predicted octanol–water partition coefficient (Wildman–Crippen LogP) is 7.01. The van der Waals surface area contributed by atoms with Crippen LogP contribution < -0.4 is 9.47 Å².